The Balaban J connectivity index is 3.53. The first-order valence-electron chi connectivity index (χ1n) is 6.23. The Bertz CT molecular complexity index is 229. The maximum Gasteiger partial charge on any atom is 0.333 e. The smallest absolute Gasteiger partial charge is 0.333 e. The Labute approximate surface area is 109 Å². The van der Waals surface area contributed by atoms with Crippen molar-refractivity contribution in [1.82, 2.24) is 5.32 Å². The molecule has 0 rings (SSSR count). The summed E-state index contributed by atoms with van der Waals surface area (Å²) in [5, 5.41) is 3.32. The number of hydrogen-bond acceptors (Lipinski definition) is 4. The van der Waals surface area contributed by atoms with E-state index in [1.165, 1.54) is 32.1 Å². The average Bonchev–Trinajstić information content (AvgIpc) is 2.36. The first kappa shape index (κ1) is 16.5. The lowest BCUT2D eigenvalue weighted by molar-refractivity contribution is -0.136. The van der Waals surface area contributed by atoms with Gasteiger partial charge in [-0.1, -0.05) is 19.4 Å². The Morgan fingerprint density at radius 1 is 1.35 bits per heavy atom. The number of unbranched alkanes of at least 4 members (excludes halogenated alkanes) is 2. The molecule has 0 amide bonds. The van der Waals surface area contributed by atoms with Crippen molar-refractivity contribution in [3.05, 3.63) is 11.6 Å². The molecule has 0 fully saturated rings. The lowest BCUT2D eigenvalue weighted by Crippen LogP contribution is -2.16. The average molecular weight is 259 g/mol. The van der Waals surface area contributed by atoms with Gasteiger partial charge in [0.1, 0.15) is 0 Å². The third-order valence-corrected chi connectivity index (χ3v) is 3.22. The van der Waals surface area contributed by atoms with E-state index in [0.29, 0.717) is 0 Å². The Kier molecular flexibility index (Phi) is 11.7. The molecule has 3 nitrogen and oxygen atoms in total. The summed E-state index contributed by atoms with van der Waals surface area (Å²) in [7, 11) is 1.42. The van der Waals surface area contributed by atoms with E-state index in [1.807, 2.05) is 24.8 Å². The number of ether oxygens (including phenoxy) is 1. The van der Waals surface area contributed by atoms with Crippen LogP contribution in [0.1, 0.15) is 32.6 Å². The number of carbonyl (C=O) groups excluding carboxylic acids is 1. The fourth-order valence-electron chi connectivity index (χ4n) is 1.47. The summed E-state index contributed by atoms with van der Waals surface area (Å²) >= 11 is 1.90. The zero-order chi connectivity index (χ0) is 12.9. The first-order valence-corrected chi connectivity index (χ1v) is 7.62. The molecule has 0 aliphatic rings. The predicted octanol–water partition coefficient (Wildman–Crippen LogP) is 2.62. The van der Waals surface area contributed by atoms with Crippen LogP contribution in [-0.2, 0) is 9.53 Å². The van der Waals surface area contributed by atoms with Crippen molar-refractivity contribution in [1.29, 1.82) is 0 Å². The molecule has 0 saturated carbocycles. The van der Waals surface area contributed by atoms with E-state index in [9.17, 15) is 4.79 Å². The van der Waals surface area contributed by atoms with E-state index in [4.69, 9.17) is 0 Å². The van der Waals surface area contributed by atoms with Crippen molar-refractivity contribution in [2.24, 2.45) is 0 Å². The van der Waals surface area contributed by atoms with Crippen molar-refractivity contribution in [2.45, 2.75) is 32.6 Å². The Morgan fingerprint density at radius 2 is 2.12 bits per heavy atom. The molecule has 0 spiro atoms. The topological polar surface area (TPSA) is 38.3 Å². The van der Waals surface area contributed by atoms with Crippen LogP contribution in [0.5, 0.6) is 0 Å². The van der Waals surface area contributed by atoms with E-state index in [2.05, 4.69) is 16.3 Å². The molecule has 0 aliphatic carbocycles. The Morgan fingerprint density at radius 3 is 2.71 bits per heavy atom. The van der Waals surface area contributed by atoms with E-state index in [-0.39, 0.29) is 5.97 Å². The standard InChI is InChI=1S/C13H25NO2S/c1-4-12(13(15)16-2)8-10-14-9-6-5-7-11-17-3/h8,14H,4-7,9-11H2,1-3H3. The second kappa shape index (κ2) is 12.0. The molecular formula is C13H25NO2S. The lowest BCUT2D eigenvalue weighted by Gasteiger charge is -2.04. The molecule has 0 unspecified atom stereocenters. The largest absolute Gasteiger partial charge is 0.466 e. The minimum absolute atomic E-state index is 0.214. The van der Waals surface area contributed by atoms with Gasteiger partial charge in [0.2, 0.25) is 0 Å². The highest BCUT2D eigenvalue weighted by atomic mass is 32.2. The van der Waals surface area contributed by atoms with Crippen LogP contribution in [0.4, 0.5) is 0 Å². The molecule has 4 heteroatoms. The number of methoxy groups -OCH3 is 1. The third kappa shape index (κ3) is 9.24. The summed E-state index contributed by atoms with van der Waals surface area (Å²) in [6.07, 6.45) is 8.56. The molecule has 0 saturated heterocycles. The fraction of sp³-hybridized carbons (Fsp3) is 0.769. The van der Waals surface area contributed by atoms with E-state index >= 15 is 0 Å². The van der Waals surface area contributed by atoms with Gasteiger partial charge in [0, 0.05) is 12.1 Å². The summed E-state index contributed by atoms with van der Waals surface area (Å²) in [5.74, 6) is 1.04. The van der Waals surface area contributed by atoms with Crippen LogP contribution in [-0.4, -0.2) is 38.2 Å². The first-order chi connectivity index (χ1) is 8.26. The number of esters is 1. The van der Waals surface area contributed by atoms with Gasteiger partial charge in [-0.25, -0.2) is 4.79 Å². The lowest BCUT2D eigenvalue weighted by atomic mass is 10.2. The zero-order valence-corrected chi connectivity index (χ0v) is 12.1. The highest BCUT2D eigenvalue weighted by Crippen LogP contribution is 2.02. The highest BCUT2D eigenvalue weighted by Gasteiger charge is 2.05. The molecule has 1 N–H and O–H groups in total. The number of carbonyl (C=O) groups is 1. The van der Waals surface area contributed by atoms with Gasteiger partial charge in [-0.3, -0.25) is 0 Å². The van der Waals surface area contributed by atoms with Crippen molar-refractivity contribution < 1.29 is 9.53 Å². The molecule has 0 radical (unpaired) electrons. The molecule has 0 heterocycles. The number of thioether (sulfide) groups is 1. The SMILES string of the molecule is CCC(=CCNCCCCCSC)C(=O)OC. The number of nitrogens with one attached hydrogen (secondary N) is 1. The van der Waals surface area contributed by atoms with Gasteiger partial charge in [0.05, 0.1) is 7.11 Å². The van der Waals surface area contributed by atoms with Crippen LogP contribution >= 0.6 is 11.8 Å². The minimum Gasteiger partial charge on any atom is -0.466 e. The molecular weight excluding hydrogens is 234 g/mol. The normalized spacial score (nSPS) is 11.6. The highest BCUT2D eigenvalue weighted by molar-refractivity contribution is 7.98. The molecule has 0 aromatic heterocycles. The molecule has 0 aliphatic heterocycles. The molecule has 0 atom stereocenters. The minimum atomic E-state index is -0.214. The van der Waals surface area contributed by atoms with Gasteiger partial charge in [-0.2, -0.15) is 11.8 Å². The van der Waals surface area contributed by atoms with Crippen LogP contribution in [0.25, 0.3) is 0 Å². The fourth-order valence-corrected chi connectivity index (χ4v) is 1.97. The van der Waals surface area contributed by atoms with Crippen molar-refractivity contribution >= 4 is 17.7 Å². The Hall–Kier alpha value is -0.480. The van der Waals surface area contributed by atoms with E-state index in [0.717, 1.165) is 25.1 Å². The van der Waals surface area contributed by atoms with E-state index in [1.54, 1.807) is 0 Å². The van der Waals surface area contributed by atoms with Gasteiger partial charge >= 0.3 is 5.97 Å². The van der Waals surface area contributed by atoms with Crippen LogP contribution < -0.4 is 5.32 Å². The maximum absolute atomic E-state index is 11.3. The van der Waals surface area contributed by atoms with Gasteiger partial charge in [0.25, 0.3) is 0 Å². The third-order valence-electron chi connectivity index (χ3n) is 2.52. The van der Waals surface area contributed by atoms with Crippen LogP contribution in [0.3, 0.4) is 0 Å². The summed E-state index contributed by atoms with van der Waals surface area (Å²) in [6, 6.07) is 0. The van der Waals surface area contributed by atoms with Gasteiger partial charge in [0.15, 0.2) is 0 Å². The summed E-state index contributed by atoms with van der Waals surface area (Å²) in [5.41, 5.74) is 0.752. The van der Waals surface area contributed by atoms with Crippen molar-refractivity contribution in [2.75, 3.05) is 32.2 Å². The second-order valence-corrected chi connectivity index (χ2v) is 4.82. The number of hydrogen-bond donors (Lipinski definition) is 1. The molecule has 0 aromatic rings. The van der Waals surface area contributed by atoms with Crippen molar-refractivity contribution in [3.63, 3.8) is 0 Å². The van der Waals surface area contributed by atoms with Crippen molar-refractivity contribution in [3.8, 4) is 0 Å². The van der Waals surface area contributed by atoms with E-state index < -0.39 is 0 Å². The molecule has 100 valence electrons. The number of rotatable bonds is 10. The van der Waals surface area contributed by atoms with Crippen LogP contribution in [0.2, 0.25) is 0 Å². The summed E-state index contributed by atoms with van der Waals surface area (Å²) in [4.78, 5) is 11.3. The van der Waals surface area contributed by atoms with Crippen LogP contribution in [0, 0.1) is 0 Å². The molecule has 0 bridgehead atoms. The zero-order valence-electron chi connectivity index (χ0n) is 11.3. The van der Waals surface area contributed by atoms with Gasteiger partial charge < -0.3 is 10.1 Å². The summed E-state index contributed by atoms with van der Waals surface area (Å²) in [6.45, 7) is 3.73. The van der Waals surface area contributed by atoms with Crippen LogP contribution in [0.15, 0.2) is 11.6 Å². The maximum atomic E-state index is 11.3. The summed E-state index contributed by atoms with van der Waals surface area (Å²) < 4.78 is 4.69. The quantitative estimate of drug-likeness (QED) is 0.372. The van der Waals surface area contributed by atoms with Gasteiger partial charge in [-0.05, 0) is 37.8 Å². The second-order valence-electron chi connectivity index (χ2n) is 3.83. The van der Waals surface area contributed by atoms with Gasteiger partial charge in [-0.15, -0.1) is 0 Å². The molecule has 0 aromatic carbocycles. The molecule has 17 heavy (non-hydrogen) atoms. The monoisotopic (exact) mass is 259 g/mol. The predicted molar refractivity (Wildman–Crippen MR) is 75.5 cm³/mol.